The van der Waals surface area contributed by atoms with Crippen LogP contribution in [0.5, 0.6) is 0 Å². The minimum atomic E-state index is -3.57. The van der Waals surface area contributed by atoms with Crippen LogP contribution in [0.4, 0.5) is 4.39 Å². The summed E-state index contributed by atoms with van der Waals surface area (Å²) in [6.07, 6.45) is 3.12. The van der Waals surface area contributed by atoms with E-state index >= 15 is 0 Å². The molecule has 4 nitrogen and oxygen atoms in total. The Kier molecular flexibility index (Phi) is 4.46. The van der Waals surface area contributed by atoms with Crippen LogP contribution in [0.25, 0.3) is 0 Å². The van der Waals surface area contributed by atoms with Crippen LogP contribution < -0.4 is 10.0 Å². The van der Waals surface area contributed by atoms with Crippen LogP contribution in [0.1, 0.15) is 31.7 Å². The third kappa shape index (κ3) is 3.37. The fraction of sp³-hybridized carbons (Fsp3) is 0.571. The molecule has 20 heavy (non-hydrogen) atoms. The Morgan fingerprint density at radius 2 is 2.05 bits per heavy atom. The first kappa shape index (κ1) is 15.4. The van der Waals surface area contributed by atoms with Gasteiger partial charge in [0, 0.05) is 18.7 Å². The molecule has 2 N–H and O–H groups in total. The van der Waals surface area contributed by atoms with Gasteiger partial charge >= 0.3 is 0 Å². The molecule has 0 aromatic heterocycles. The van der Waals surface area contributed by atoms with Gasteiger partial charge in [-0.2, -0.15) is 0 Å². The molecule has 0 bridgehead atoms. The highest BCUT2D eigenvalue weighted by Gasteiger charge is 2.41. The minimum Gasteiger partial charge on any atom is -0.316 e. The Morgan fingerprint density at radius 1 is 1.35 bits per heavy atom. The minimum absolute atomic E-state index is 0.121. The predicted octanol–water partition coefficient (Wildman–Crippen LogP) is 2.01. The topological polar surface area (TPSA) is 58.2 Å². The van der Waals surface area contributed by atoms with Crippen molar-refractivity contribution in [2.24, 2.45) is 5.41 Å². The van der Waals surface area contributed by atoms with Gasteiger partial charge in [0.2, 0.25) is 10.0 Å². The molecule has 0 saturated heterocycles. The molecule has 1 aliphatic carbocycles. The molecule has 0 spiro atoms. The zero-order valence-corrected chi connectivity index (χ0v) is 12.7. The van der Waals surface area contributed by atoms with Crippen LogP contribution in [0.2, 0.25) is 0 Å². The van der Waals surface area contributed by atoms with Crippen LogP contribution in [0.15, 0.2) is 23.1 Å². The quantitative estimate of drug-likeness (QED) is 0.810. The lowest BCUT2D eigenvalue weighted by Gasteiger charge is -2.14. The predicted molar refractivity (Wildman–Crippen MR) is 76.3 cm³/mol. The van der Waals surface area contributed by atoms with Crippen molar-refractivity contribution >= 4 is 10.0 Å². The third-order valence-corrected chi connectivity index (χ3v) is 5.44. The zero-order chi connectivity index (χ0) is 14.8. The fourth-order valence-electron chi connectivity index (χ4n) is 2.21. The lowest BCUT2D eigenvalue weighted by molar-refractivity contribution is 0.475. The maximum absolute atomic E-state index is 13.5. The maximum atomic E-state index is 13.5. The summed E-state index contributed by atoms with van der Waals surface area (Å²) < 4.78 is 40.6. The van der Waals surface area contributed by atoms with Crippen molar-refractivity contribution in [3.63, 3.8) is 0 Å². The molecule has 0 amide bonds. The standard InChI is InChI=1S/C14H21FN2O2S/c1-3-14(6-7-14)10-17-20(18,19)12-4-5-13(15)11(8-12)9-16-2/h4-5,8,16-17H,3,6-7,9-10H2,1-2H3. The summed E-state index contributed by atoms with van der Waals surface area (Å²) >= 11 is 0. The Morgan fingerprint density at radius 3 is 2.60 bits per heavy atom. The summed E-state index contributed by atoms with van der Waals surface area (Å²) in [5, 5.41) is 2.82. The van der Waals surface area contributed by atoms with Gasteiger partial charge in [0.1, 0.15) is 5.82 Å². The first-order valence-corrected chi connectivity index (χ1v) is 8.33. The van der Waals surface area contributed by atoms with Crippen molar-refractivity contribution in [1.82, 2.24) is 10.0 Å². The molecular formula is C14H21FN2O2S. The molecule has 112 valence electrons. The van der Waals surface area contributed by atoms with E-state index in [9.17, 15) is 12.8 Å². The zero-order valence-electron chi connectivity index (χ0n) is 11.9. The van der Waals surface area contributed by atoms with E-state index in [1.165, 1.54) is 18.2 Å². The molecular weight excluding hydrogens is 279 g/mol. The van der Waals surface area contributed by atoms with Crippen molar-refractivity contribution in [3.8, 4) is 0 Å². The molecule has 0 unspecified atom stereocenters. The Hall–Kier alpha value is -0.980. The smallest absolute Gasteiger partial charge is 0.240 e. The molecule has 1 aliphatic rings. The van der Waals surface area contributed by atoms with Gasteiger partial charge < -0.3 is 5.32 Å². The Bertz CT molecular complexity index is 583. The van der Waals surface area contributed by atoms with Crippen LogP contribution >= 0.6 is 0 Å². The van der Waals surface area contributed by atoms with Crippen LogP contribution in [-0.2, 0) is 16.6 Å². The molecule has 6 heteroatoms. The van der Waals surface area contributed by atoms with Crippen molar-refractivity contribution in [3.05, 3.63) is 29.6 Å². The lowest BCUT2D eigenvalue weighted by Crippen LogP contribution is -2.30. The van der Waals surface area contributed by atoms with Gasteiger partial charge in [-0.25, -0.2) is 17.5 Å². The molecule has 0 radical (unpaired) electrons. The highest BCUT2D eigenvalue weighted by molar-refractivity contribution is 7.89. The second-order valence-electron chi connectivity index (χ2n) is 5.46. The normalized spacial score (nSPS) is 17.1. The van der Waals surface area contributed by atoms with Crippen LogP contribution in [0, 0.1) is 11.2 Å². The van der Waals surface area contributed by atoms with Crippen molar-refractivity contribution in [2.75, 3.05) is 13.6 Å². The molecule has 1 aromatic rings. The summed E-state index contributed by atoms with van der Waals surface area (Å²) in [5.74, 6) is -0.398. The second kappa shape index (κ2) is 5.79. The molecule has 0 aliphatic heterocycles. The van der Waals surface area contributed by atoms with E-state index in [4.69, 9.17) is 0 Å². The number of sulfonamides is 1. The van der Waals surface area contributed by atoms with E-state index in [-0.39, 0.29) is 10.3 Å². The molecule has 2 rings (SSSR count). The van der Waals surface area contributed by atoms with Gasteiger partial charge in [-0.15, -0.1) is 0 Å². The van der Waals surface area contributed by atoms with Crippen LogP contribution in [0.3, 0.4) is 0 Å². The second-order valence-corrected chi connectivity index (χ2v) is 7.23. The first-order chi connectivity index (χ1) is 9.42. The largest absolute Gasteiger partial charge is 0.316 e. The van der Waals surface area contributed by atoms with Gasteiger partial charge in [-0.05, 0) is 49.9 Å². The van der Waals surface area contributed by atoms with E-state index in [1.54, 1.807) is 7.05 Å². The van der Waals surface area contributed by atoms with Gasteiger partial charge in [0.15, 0.2) is 0 Å². The molecule has 1 fully saturated rings. The number of benzene rings is 1. The van der Waals surface area contributed by atoms with Gasteiger partial charge in [-0.3, -0.25) is 0 Å². The van der Waals surface area contributed by atoms with E-state index in [2.05, 4.69) is 17.0 Å². The molecule has 1 aromatic carbocycles. The summed E-state index contributed by atoms with van der Waals surface area (Å²) in [5.41, 5.74) is 0.493. The SMILES string of the molecule is CCC1(CNS(=O)(=O)c2ccc(F)c(CNC)c2)CC1. The van der Waals surface area contributed by atoms with E-state index < -0.39 is 15.8 Å². The highest BCUT2D eigenvalue weighted by atomic mass is 32.2. The average Bonchev–Trinajstić information content (AvgIpc) is 3.20. The molecule has 0 heterocycles. The van der Waals surface area contributed by atoms with Gasteiger partial charge in [0.25, 0.3) is 0 Å². The lowest BCUT2D eigenvalue weighted by atomic mass is 10.1. The number of rotatable bonds is 7. The molecule has 0 atom stereocenters. The van der Waals surface area contributed by atoms with Gasteiger partial charge in [0.05, 0.1) is 4.90 Å². The number of halogens is 1. The Balaban J connectivity index is 2.14. The van der Waals surface area contributed by atoms with E-state index in [0.717, 1.165) is 19.3 Å². The van der Waals surface area contributed by atoms with Crippen molar-refractivity contribution in [2.45, 2.75) is 37.6 Å². The summed E-state index contributed by atoms with van der Waals surface area (Å²) in [6.45, 7) is 2.84. The third-order valence-electron chi connectivity index (χ3n) is 4.04. The average molecular weight is 300 g/mol. The van der Waals surface area contributed by atoms with E-state index in [0.29, 0.717) is 18.7 Å². The summed E-state index contributed by atoms with van der Waals surface area (Å²) in [4.78, 5) is 0.121. The number of nitrogens with one attached hydrogen (secondary N) is 2. The van der Waals surface area contributed by atoms with Crippen molar-refractivity contribution in [1.29, 1.82) is 0 Å². The van der Waals surface area contributed by atoms with E-state index in [1.807, 2.05) is 0 Å². The number of hydrogen-bond donors (Lipinski definition) is 2. The summed E-state index contributed by atoms with van der Waals surface area (Å²) in [7, 11) is -1.87. The Labute approximate surface area is 119 Å². The maximum Gasteiger partial charge on any atom is 0.240 e. The highest BCUT2D eigenvalue weighted by Crippen LogP contribution is 2.48. The van der Waals surface area contributed by atoms with Gasteiger partial charge in [-0.1, -0.05) is 6.92 Å². The first-order valence-electron chi connectivity index (χ1n) is 6.85. The van der Waals surface area contributed by atoms with Crippen molar-refractivity contribution < 1.29 is 12.8 Å². The summed E-state index contributed by atoms with van der Waals surface area (Å²) in [6, 6.07) is 3.90. The van der Waals surface area contributed by atoms with Crippen LogP contribution in [-0.4, -0.2) is 22.0 Å². The fourth-order valence-corrected chi connectivity index (χ4v) is 3.42. The molecule has 1 saturated carbocycles. The number of hydrogen-bond acceptors (Lipinski definition) is 3. The monoisotopic (exact) mass is 300 g/mol.